The molecule has 142 valence electrons. The standard InChI is InChI=1S/C20H24N4O3/c1-12-18(11-21-27-12)20(26)24-15-4-2-14(3-5-15)23-19(25)10-13-8-16-6-7-17(9-13)22-16/h2-5,11,13,16-17,22H,6-10H2,1H3,(H,23,25)(H,24,26). The molecule has 2 atom stereocenters. The number of anilines is 2. The topological polar surface area (TPSA) is 96.3 Å². The van der Waals surface area contributed by atoms with Gasteiger partial charge in [0.25, 0.3) is 5.91 Å². The van der Waals surface area contributed by atoms with Gasteiger partial charge in [0.2, 0.25) is 5.91 Å². The van der Waals surface area contributed by atoms with Crippen LogP contribution >= 0.6 is 0 Å². The number of aromatic nitrogens is 1. The molecule has 0 aliphatic carbocycles. The van der Waals surface area contributed by atoms with Crippen molar-refractivity contribution in [3.8, 4) is 0 Å². The number of carbonyl (C=O) groups is 2. The van der Waals surface area contributed by atoms with Crippen molar-refractivity contribution in [2.45, 2.75) is 51.1 Å². The first-order chi connectivity index (χ1) is 13.1. The molecule has 2 amide bonds. The fraction of sp³-hybridized carbons (Fsp3) is 0.450. The van der Waals surface area contributed by atoms with Crippen LogP contribution in [0.1, 0.15) is 48.2 Å². The summed E-state index contributed by atoms with van der Waals surface area (Å²) >= 11 is 0. The van der Waals surface area contributed by atoms with E-state index in [4.69, 9.17) is 4.52 Å². The number of benzene rings is 1. The van der Waals surface area contributed by atoms with Gasteiger partial charge in [0.1, 0.15) is 11.3 Å². The molecule has 1 aromatic carbocycles. The second-order valence-electron chi connectivity index (χ2n) is 7.55. The monoisotopic (exact) mass is 368 g/mol. The maximum atomic E-state index is 12.4. The first kappa shape index (κ1) is 17.7. The SMILES string of the molecule is Cc1oncc1C(=O)Nc1ccc(NC(=O)CC2CC3CCC(C2)N3)cc1. The van der Waals surface area contributed by atoms with Crippen molar-refractivity contribution in [3.63, 3.8) is 0 Å². The molecule has 3 heterocycles. The lowest BCUT2D eigenvalue weighted by molar-refractivity contribution is -0.117. The van der Waals surface area contributed by atoms with Gasteiger partial charge in [-0.05, 0) is 62.8 Å². The van der Waals surface area contributed by atoms with Crippen LogP contribution in [0, 0.1) is 12.8 Å². The fourth-order valence-electron chi connectivity index (χ4n) is 4.17. The van der Waals surface area contributed by atoms with E-state index in [-0.39, 0.29) is 11.8 Å². The zero-order chi connectivity index (χ0) is 18.8. The normalized spacial score (nSPS) is 23.8. The molecule has 0 radical (unpaired) electrons. The van der Waals surface area contributed by atoms with Crippen molar-refractivity contribution >= 4 is 23.2 Å². The van der Waals surface area contributed by atoms with Gasteiger partial charge in [0.15, 0.2) is 0 Å². The summed E-state index contributed by atoms with van der Waals surface area (Å²) in [6, 6.07) is 8.31. The summed E-state index contributed by atoms with van der Waals surface area (Å²) in [5.41, 5.74) is 1.79. The van der Waals surface area contributed by atoms with Gasteiger partial charge in [-0.25, -0.2) is 0 Å². The minimum Gasteiger partial charge on any atom is -0.361 e. The fourth-order valence-corrected chi connectivity index (χ4v) is 4.17. The zero-order valence-electron chi connectivity index (χ0n) is 15.3. The molecule has 4 rings (SSSR count). The summed E-state index contributed by atoms with van der Waals surface area (Å²) in [6.07, 6.45) is 6.63. The van der Waals surface area contributed by atoms with E-state index in [1.807, 2.05) is 0 Å². The number of fused-ring (bicyclic) bond motifs is 2. The summed E-state index contributed by atoms with van der Waals surface area (Å²) < 4.78 is 4.90. The van der Waals surface area contributed by atoms with Gasteiger partial charge in [0, 0.05) is 29.9 Å². The molecule has 0 spiro atoms. The Morgan fingerprint density at radius 2 is 1.74 bits per heavy atom. The van der Waals surface area contributed by atoms with E-state index in [0.717, 1.165) is 18.5 Å². The van der Waals surface area contributed by atoms with Crippen LogP contribution in [0.4, 0.5) is 11.4 Å². The Morgan fingerprint density at radius 3 is 2.33 bits per heavy atom. The van der Waals surface area contributed by atoms with Gasteiger partial charge in [-0.2, -0.15) is 0 Å². The predicted molar refractivity (Wildman–Crippen MR) is 102 cm³/mol. The zero-order valence-corrected chi connectivity index (χ0v) is 15.3. The van der Waals surface area contributed by atoms with Gasteiger partial charge >= 0.3 is 0 Å². The van der Waals surface area contributed by atoms with E-state index >= 15 is 0 Å². The Morgan fingerprint density at radius 1 is 1.11 bits per heavy atom. The van der Waals surface area contributed by atoms with Gasteiger partial charge in [0.05, 0.1) is 6.20 Å². The highest BCUT2D eigenvalue weighted by atomic mass is 16.5. The van der Waals surface area contributed by atoms with Crippen LogP contribution in [0.3, 0.4) is 0 Å². The lowest BCUT2D eigenvalue weighted by Gasteiger charge is -2.28. The number of nitrogens with zero attached hydrogens (tertiary/aromatic N) is 1. The molecule has 7 heteroatoms. The molecule has 2 aromatic rings. The Kier molecular flexibility index (Phi) is 4.94. The van der Waals surface area contributed by atoms with Gasteiger partial charge in [-0.3, -0.25) is 9.59 Å². The second kappa shape index (κ2) is 7.52. The molecule has 2 aliphatic heterocycles. The number of amides is 2. The predicted octanol–water partition coefficient (Wildman–Crippen LogP) is 3.09. The minimum absolute atomic E-state index is 0.0539. The summed E-state index contributed by atoms with van der Waals surface area (Å²) in [7, 11) is 0. The molecule has 0 saturated carbocycles. The molecular formula is C20H24N4O3. The summed E-state index contributed by atoms with van der Waals surface area (Å²) in [6.45, 7) is 1.69. The average molecular weight is 368 g/mol. The van der Waals surface area contributed by atoms with Gasteiger partial charge in [-0.15, -0.1) is 0 Å². The van der Waals surface area contributed by atoms with Crippen molar-refractivity contribution in [3.05, 3.63) is 41.8 Å². The smallest absolute Gasteiger partial charge is 0.260 e. The quantitative estimate of drug-likeness (QED) is 0.754. The van der Waals surface area contributed by atoms with E-state index in [1.165, 1.54) is 19.0 Å². The number of hydrogen-bond donors (Lipinski definition) is 3. The van der Waals surface area contributed by atoms with Crippen molar-refractivity contribution in [2.75, 3.05) is 10.6 Å². The highest BCUT2D eigenvalue weighted by Crippen LogP contribution is 2.32. The molecule has 2 aliphatic rings. The van der Waals surface area contributed by atoms with Gasteiger partial charge < -0.3 is 20.5 Å². The van der Waals surface area contributed by atoms with Gasteiger partial charge in [-0.1, -0.05) is 5.16 Å². The minimum atomic E-state index is -0.272. The molecule has 3 N–H and O–H groups in total. The third-order valence-electron chi connectivity index (χ3n) is 5.47. The molecule has 1 aromatic heterocycles. The van der Waals surface area contributed by atoms with Crippen molar-refractivity contribution in [1.82, 2.24) is 10.5 Å². The van der Waals surface area contributed by atoms with Crippen LogP contribution in [-0.2, 0) is 4.79 Å². The first-order valence-corrected chi connectivity index (χ1v) is 9.45. The lowest BCUT2D eigenvalue weighted by atomic mass is 9.89. The molecule has 2 fully saturated rings. The molecule has 2 bridgehead atoms. The molecular weight excluding hydrogens is 344 g/mol. The van der Waals surface area contributed by atoms with E-state index in [9.17, 15) is 9.59 Å². The Hall–Kier alpha value is -2.67. The number of nitrogens with one attached hydrogen (secondary N) is 3. The number of rotatable bonds is 5. The maximum Gasteiger partial charge on any atom is 0.260 e. The van der Waals surface area contributed by atoms with E-state index in [1.54, 1.807) is 31.2 Å². The highest BCUT2D eigenvalue weighted by molar-refractivity contribution is 6.04. The molecule has 2 unspecified atom stereocenters. The Labute approximate surface area is 157 Å². The summed E-state index contributed by atoms with van der Waals surface area (Å²) in [4.78, 5) is 24.5. The van der Waals surface area contributed by atoms with Crippen LogP contribution < -0.4 is 16.0 Å². The van der Waals surface area contributed by atoms with Crippen LogP contribution in [0.25, 0.3) is 0 Å². The average Bonchev–Trinajstić information content (AvgIpc) is 3.21. The number of carbonyl (C=O) groups excluding carboxylic acids is 2. The van der Waals surface area contributed by atoms with Crippen LogP contribution in [0.15, 0.2) is 35.0 Å². The third-order valence-corrected chi connectivity index (χ3v) is 5.47. The largest absolute Gasteiger partial charge is 0.361 e. The van der Waals surface area contributed by atoms with Crippen molar-refractivity contribution in [2.24, 2.45) is 5.92 Å². The number of hydrogen-bond acceptors (Lipinski definition) is 5. The lowest BCUT2D eigenvalue weighted by Crippen LogP contribution is -2.39. The van der Waals surface area contributed by atoms with Crippen molar-refractivity contribution in [1.29, 1.82) is 0 Å². The van der Waals surface area contributed by atoms with Crippen molar-refractivity contribution < 1.29 is 14.1 Å². The van der Waals surface area contributed by atoms with Crippen LogP contribution in [-0.4, -0.2) is 29.1 Å². The van der Waals surface area contributed by atoms with E-state index in [0.29, 0.717) is 41.4 Å². The molecule has 27 heavy (non-hydrogen) atoms. The number of aryl methyl sites for hydroxylation is 1. The van der Waals surface area contributed by atoms with Crippen LogP contribution in [0.2, 0.25) is 0 Å². The summed E-state index contributed by atoms with van der Waals surface area (Å²) in [5, 5.41) is 13.0. The summed E-state index contributed by atoms with van der Waals surface area (Å²) in [5.74, 6) is 0.723. The maximum absolute atomic E-state index is 12.4. The second-order valence-corrected chi connectivity index (χ2v) is 7.55. The molecule has 2 saturated heterocycles. The Balaban J connectivity index is 1.29. The first-order valence-electron chi connectivity index (χ1n) is 9.45. The number of piperidine rings is 1. The van der Waals surface area contributed by atoms with E-state index < -0.39 is 0 Å². The third kappa shape index (κ3) is 4.19. The Bertz CT molecular complexity index is 818. The highest BCUT2D eigenvalue weighted by Gasteiger charge is 2.34. The molecule has 7 nitrogen and oxygen atoms in total. The van der Waals surface area contributed by atoms with E-state index in [2.05, 4.69) is 21.1 Å². The van der Waals surface area contributed by atoms with Crippen LogP contribution in [0.5, 0.6) is 0 Å².